The number of carbonyl (C=O) groups is 1. The van der Waals surface area contributed by atoms with Gasteiger partial charge in [-0.05, 0) is 6.92 Å². The number of halogens is 1. The molecule has 0 atom stereocenters. The molecule has 0 aromatic carbocycles. The monoisotopic (exact) mass is 314 g/mol. The van der Waals surface area contributed by atoms with Crippen LogP contribution in [0.3, 0.4) is 0 Å². The molecule has 1 aromatic rings. The summed E-state index contributed by atoms with van der Waals surface area (Å²) < 4.78 is 1.81. The smallest absolute Gasteiger partial charge is 0.243 e. The molecule has 0 saturated carbocycles. The highest BCUT2D eigenvalue weighted by Crippen LogP contribution is 2.10. The van der Waals surface area contributed by atoms with Gasteiger partial charge in [-0.2, -0.15) is 0 Å². The Hall–Kier alpha value is -1.76. The van der Waals surface area contributed by atoms with Gasteiger partial charge in [0.25, 0.3) is 0 Å². The fraction of sp³-hybridized carbons (Fsp3) is 0.615. The van der Waals surface area contributed by atoms with E-state index in [2.05, 4.69) is 15.3 Å². The van der Waals surface area contributed by atoms with E-state index < -0.39 is 0 Å². The molecule has 1 aromatic heterocycles. The Morgan fingerprint density at radius 3 is 2.62 bits per heavy atom. The van der Waals surface area contributed by atoms with Crippen LogP contribution in [0, 0.1) is 0 Å². The number of nitrogens with one attached hydrogen (secondary N) is 1. The first-order valence-electron chi connectivity index (χ1n) is 6.72. The Morgan fingerprint density at radius 2 is 2.14 bits per heavy atom. The van der Waals surface area contributed by atoms with Crippen molar-refractivity contribution in [2.24, 2.45) is 12.0 Å². The molecule has 0 aliphatic rings. The maximum atomic E-state index is 11.6. The van der Waals surface area contributed by atoms with E-state index in [9.17, 15) is 4.79 Å². The average molecular weight is 315 g/mol. The number of imidazole rings is 1. The number of likely N-dealkylation sites (N-methyl/N-ethyl adjacent to an activating group) is 1. The third kappa shape index (κ3) is 4.93. The summed E-state index contributed by atoms with van der Waals surface area (Å²) >= 11 is 5.98. The molecule has 0 saturated heterocycles. The first kappa shape index (κ1) is 17.3. The van der Waals surface area contributed by atoms with Crippen LogP contribution in [-0.2, 0) is 18.4 Å². The molecule has 118 valence electrons. The lowest BCUT2D eigenvalue weighted by Gasteiger charge is -2.22. The van der Waals surface area contributed by atoms with Gasteiger partial charge in [-0.25, -0.2) is 9.98 Å². The van der Waals surface area contributed by atoms with Gasteiger partial charge in [0.05, 0.1) is 12.7 Å². The fourth-order valence-corrected chi connectivity index (χ4v) is 1.76. The molecule has 0 radical (unpaired) electrons. The van der Waals surface area contributed by atoms with E-state index in [0.717, 1.165) is 12.4 Å². The molecule has 1 amide bonds. The molecule has 21 heavy (non-hydrogen) atoms. The predicted molar refractivity (Wildman–Crippen MR) is 84.4 cm³/mol. The summed E-state index contributed by atoms with van der Waals surface area (Å²) in [6.07, 6.45) is 1.62. The summed E-state index contributed by atoms with van der Waals surface area (Å²) in [6, 6.07) is 0. The van der Waals surface area contributed by atoms with Crippen LogP contribution >= 0.6 is 11.6 Å². The highest BCUT2D eigenvalue weighted by molar-refractivity contribution is 6.29. The molecule has 0 unspecified atom stereocenters. The van der Waals surface area contributed by atoms with E-state index in [0.29, 0.717) is 17.7 Å². The fourth-order valence-electron chi connectivity index (χ4n) is 1.61. The lowest BCUT2D eigenvalue weighted by Crippen LogP contribution is -2.40. The Labute approximate surface area is 130 Å². The maximum Gasteiger partial charge on any atom is 0.243 e. The van der Waals surface area contributed by atoms with E-state index in [4.69, 9.17) is 11.6 Å². The second kappa shape index (κ2) is 7.87. The van der Waals surface area contributed by atoms with Crippen molar-refractivity contribution < 1.29 is 4.79 Å². The molecular weight excluding hydrogens is 292 g/mol. The van der Waals surface area contributed by atoms with Gasteiger partial charge in [-0.3, -0.25) is 4.79 Å². The number of aromatic nitrogens is 2. The van der Waals surface area contributed by atoms with Crippen LogP contribution in [0.2, 0.25) is 5.15 Å². The quantitative estimate of drug-likeness (QED) is 0.637. The summed E-state index contributed by atoms with van der Waals surface area (Å²) in [7, 11) is 7.18. The third-order valence-electron chi connectivity index (χ3n) is 2.97. The third-order valence-corrected chi connectivity index (χ3v) is 3.32. The highest BCUT2D eigenvalue weighted by atomic mass is 35.5. The number of hydrogen-bond acceptors (Lipinski definition) is 3. The molecule has 0 bridgehead atoms. The lowest BCUT2D eigenvalue weighted by molar-refractivity contribution is -0.127. The lowest BCUT2D eigenvalue weighted by atomic mass is 10.5. The van der Waals surface area contributed by atoms with Gasteiger partial charge in [0.1, 0.15) is 17.5 Å². The molecule has 7 nitrogen and oxygen atoms in total. The van der Waals surface area contributed by atoms with E-state index in [1.807, 2.05) is 30.5 Å². The topological polar surface area (TPSA) is 65.8 Å². The number of rotatable bonds is 5. The number of carbonyl (C=O) groups excluding carboxylic acids is 1. The van der Waals surface area contributed by atoms with E-state index in [1.165, 1.54) is 4.90 Å². The summed E-state index contributed by atoms with van der Waals surface area (Å²) in [6.45, 7) is 3.36. The normalized spacial score (nSPS) is 11.4. The minimum Gasteiger partial charge on any atom is -0.357 e. The van der Waals surface area contributed by atoms with Crippen molar-refractivity contribution in [1.82, 2.24) is 24.7 Å². The molecule has 1 heterocycles. The van der Waals surface area contributed by atoms with Crippen LogP contribution in [0.25, 0.3) is 0 Å². The van der Waals surface area contributed by atoms with Gasteiger partial charge in [-0.1, -0.05) is 11.6 Å². The number of amides is 1. The molecule has 0 spiro atoms. The first-order valence-corrected chi connectivity index (χ1v) is 7.10. The molecule has 1 rings (SSSR count). The Balaban J connectivity index is 2.77. The van der Waals surface area contributed by atoms with E-state index >= 15 is 0 Å². The second-order valence-electron chi connectivity index (χ2n) is 4.87. The van der Waals surface area contributed by atoms with Crippen LogP contribution in [0.4, 0.5) is 0 Å². The summed E-state index contributed by atoms with van der Waals surface area (Å²) in [5.41, 5.74) is 0. The standard InChI is InChI=1S/C13H23ClN6O/c1-6-15-13(17-8-12(21)18(2)3)19(4)9-11-16-7-10(14)20(11)5/h7H,6,8-9H2,1-5H3,(H,15,17). The van der Waals surface area contributed by atoms with Gasteiger partial charge >= 0.3 is 0 Å². The zero-order valence-electron chi connectivity index (χ0n) is 13.2. The van der Waals surface area contributed by atoms with Crippen molar-refractivity contribution in [3.8, 4) is 0 Å². The van der Waals surface area contributed by atoms with Crippen molar-refractivity contribution in [3.63, 3.8) is 0 Å². The molecular formula is C13H23ClN6O. The minimum atomic E-state index is -0.0427. The van der Waals surface area contributed by atoms with Crippen LogP contribution < -0.4 is 5.32 Å². The largest absolute Gasteiger partial charge is 0.357 e. The van der Waals surface area contributed by atoms with Gasteiger partial charge in [0.15, 0.2) is 5.96 Å². The molecule has 0 aliphatic carbocycles. The average Bonchev–Trinajstić information content (AvgIpc) is 2.74. The van der Waals surface area contributed by atoms with E-state index in [-0.39, 0.29) is 12.5 Å². The maximum absolute atomic E-state index is 11.6. The zero-order chi connectivity index (χ0) is 16.0. The Bertz CT molecular complexity index is 511. The molecule has 8 heteroatoms. The van der Waals surface area contributed by atoms with E-state index in [1.54, 1.807) is 20.3 Å². The van der Waals surface area contributed by atoms with Crippen LogP contribution in [0.5, 0.6) is 0 Å². The van der Waals surface area contributed by atoms with Crippen molar-refractivity contribution in [2.75, 3.05) is 34.2 Å². The van der Waals surface area contributed by atoms with Crippen molar-refractivity contribution >= 4 is 23.5 Å². The summed E-state index contributed by atoms with van der Waals surface area (Å²) in [4.78, 5) is 23.6. The molecule has 0 aliphatic heterocycles. The predicted octanol–water partition coefficient (Wildman–Crippen LogP) is 0.559. The number of nitrogens with zero attached hydrogens (tertiary/aromatic N) is 5. The van der Waals surface area contributed by atoms with Crippen molar-refractivity contribution in [1.29, 1.82) is 0 Å². The van der Waals surface area contributed by atoms with Gasteiger partial charge in [0.2, 0.25) is 5.91 Å². The second-order valence-corrected chi connectivity index (χ2v) is 5.26. The van der Waals surface area contributed by atoms with Crippen molar-refractivity contribution in [2.45, 2.75) is 13.5 Å². The van der Waals surface area contributed by atoms with Gasteiger partial charge in [0, 0.05) is 34.7 Å². The number of guanidine groups is 1. The summed E-state index contributed by atoms with van der Waals surface area (Å²) in [5.74, 6) is 1.44. The number of hydrogen-bond donors (Lipinski definition) is 1. The Kier molecular flexibility index (Phi) is 6.48. The van der Waals surface area contributed by atoms with Crippen LogP contribution in [0.1, 0.15) is 12.7 Å². The van der Waals surface area contributed by atoms with Crippen LogP contribution in [-0.4, -0.2) is 65.5 Å². The van der Waals surface area contributed by atoms with Crippen molar-refractivity contribution in [3.05, 3.63) is 17.2 Å². The van der Waals surface area contributed by atoms with Gasteiger partial charge in [-0.15, -0.1) is 0 Å². The molecule has 0 fully saturated rings. The van der Waals surface area contributed by atoms with Gasteiger partial charge < -0.3 is 19.7 Å². The molecule has 1 N–H and O–H groups in total. The summed E-state index contributed by atoms with van der Waals surface area (Å²) in [5, 5.41) is 3.74. The SMILES string of the molecule is CCNC(=NCC(=O)N(C)C)N(C)Cc1ncc(Cl)n1C. The minimum absolute atomic E-state index is 0.0427. The van der Waals surface area contributed by atoms with Crippen LogP contribution in [0.15, 0.2) is 11.2 Å². The highest BCUT2D eigenvalue weighted by Gasteiger charge is 2.12. The zero-order valence-corrected chi connectivity index (χ0v) is 14.0. The Morgan fingerprint density at radius 1 is 1.48 bits per heavy atom. The number of aliphatic imine (C=N–C) groups is 1. The first-order chi connectivity index (χ1) is 9.86.